The van der Waals surface area contributed by atoms with Crippen LogP contribution in [0.15, 0.2) is 48.5 Å². The van der Waals surface area contributed by atoms with Crippen molar-refractivity contribution >= 4 is 23.6 Å². The van der Waals surface area contributed by atoms with Gasteiger partial charge in [-0.3, -0.25) is 9.59 Å². The first-order valence-corrected chi connectivity index (χ1v) is 7.73. The van der Waals surface area contributed by atoms with Crippen LogP contribution in [-0.4, -0.2) is 37.6 Å². The lowest BCUT2D eigenvalue weighted by atomic mass is 10.1. The number of fused-ring (bicyclic) bond motifs is 1. The smallest absolute Gasteiger partial charge is 0.253 e. The summed E-state index contributed by atoms with van der Waals surface area (Å²) in [6.45, 7) is 0.218. The second kappa shape index (κ2) is 7.09. The fraction of sp³-hybridized carbons (Fsp3) is 0.158. The summed E-state index contributed by atoms with van der Waals surface area (Å²) in [7, 11) is 3.39. The van der Waals surface area contributed by atoms with Gasteiger partial charge in [0.2, 0.25) is 12.7 Å². The molecule has 0 aromatic heterocycles. The van der Waals surface area contributed by atoms with E-state index < -0.39 is 0 Å². The van der Waals surface area contributed by atoms with Crippen molar-refractivity contribution in [2.24, 2.45) is 0 Å². The standard InChI is InChI=1S/C19H18N2O4/c1-21(2)19(23)14-5-7-15(8-6-14)20-18(22)10-4-13-3-9-16-17(11-13)25-12-24-16/h3-11H,12H2,1-2H3,(H,20,22)/b10-4+. The van der Waals surface area contributed by atoms with Crippen molar-refractivity contribution in [1.82, 2.24) is 4.90 Å². The zero-order valence-corrected chi connectivity index (χ0v) is 14.0. The Morgan fingerprint density at radius 1 is 1.04 bits per heavy atom. The summed E-state index contributed by atoms with van der Waals surface area (Å²) in [4.78, 5) is 25.3. The molecule has 6 heteroatoms. The fourth-order valence-corrected chi connectivity index (χ4v) is 2.33. The average molecular weight is 338 g/mol. The normalized spacial score (nSPS) is 12.2. The molecule has 0 bridgehead atoms. The number of hydrogen-bond acceptors (Lipinski definition) is 4. The van der Waals surface area contributed by atoms with Gasteiger partial charge in [-0.15, -0.1) is 0 Å². The zero-order valence-electron chi connectivity index (χ0n) is 14.0. The number of nitrogens with one attached hydrogen (secondary N) is 1. The second-order valence-corrected chi connectivity index (χ2v) is 5.71. The highest BCUT2D eigenvalue weighted by Crippen LogP contribution is 2.32. The lowest BCUT2D eigenvalue weighted by molar-refractivity contribution is -0.111. The molecule has 0 spiro atoms. The maximum absolute atomic E-state index is 12.0. The van der Waals surface area contributed by atoms with Gasteiger partial charge < -0.3 is 19.7 Å². The van der Waals surface area contributed by atoms with Gasteiger partial charge >= 0.3 is 0 Å². The van der Waals surface area contributed by atoms with Crippen molar-refractivity contribution in [2.45, 2.75) is 0 Å². The molecular formula is C19H18N2O4. The van der Waals surface area contributed by atoms with Crippen LogP contribution >= 0.6 is 0 Å². The van der Waals surface area contributed by atoms with Crippen LogP contribution in [0.3, 0.4) is 0 Å². The van der Waals surface area contributed by atoms with E-state index in [1.54, 1.807) is 50.5 Å². The van der Waals surface area contributed by atoms with Crippen LogP contribution in [0.25, 0.3) is 6.08 Å². The molecule has 2 amide bonds. The Morgan fingerprint density at radius 3 is 2.48 bits per heavy atom. The van der Waals surface area contributed by atoms with Crippen molar-refractivity contribution < 1.29 is 19.1 Å². The number of carbonyl (C=O) groups excluding carboxylic acids is 2. The van der Waals surface area contributed by atoms with Gasteiger partial charge in [-0.05, 0) is 48.0 Å². The third kappa shape index (κ3) is 3.98. The van der Waals surface area contributed by atoms with Crippen molar-refractivity contribution in [3.63, 3.8) is 0 Å². The average Bonchev–Trinajstić information content (AvgIpc) is 3.07. The van der Waals surface area contributed by atoms with E-state index in [2.05, 4.69) is 5.32 Å². The summed E-state index contributed by atoms with van der Waals surface area (Å²) < 4.78 is 10.5. The van der Waals surface area contributed by atoms with E-state index in [9.17, 15) is 9.59 Å². The van der Waals surface area contributed by atoms with Crippen LogP contribution in [0.4, 0.5) is 5.69 Å². The van der Waals surface area contributed by atoms with Crippen LogP contribution in [0.5, 0.6) is 11.5 Å². The Bertz CT molecular complexity index is 826. The molecule has 2 aromatic carbocycles. The number of carbonyl (C=O) groups is 2. The molecule has 25 heavy (non-hydrogen) atoms. The molecule has 1 aliphatic heterocycles. The second-order valence-electron chi connectivity index (χ2n) is 5.71. The SMILES string of the molecule is CN(C)C(=O)c1ccc(NC(=O)/C=C/c2ccc3c(c2)OCO3)cc1. The summed E-state index contributed by atoms with van der Waals surface area (Å²) in [6, 6.07) is 12.2. The van der Waals surface area contributed by atoms with E-state index in [1.807, 2.05) is 12.1 Å². The highest BCUT2D eigenvalue weighted by atomic mass is 16.7. The molecule has 6 nitrogen and oxygen atoms in total. The number of ether oxygens (including phenoxy) is 2. The lowest BCUT2D eigenvalue weighted by Gasteiger charge is -2.10. The lowest BCUT2D eigenvalue weighted by Crippen LogP contribution is -2.21. The minimum atomic E-state index is -0.260. The first kappa shape index (κ1) is 16.6. The van der Waals surface area contributed by atoms with Gasteiger partial charge in [0.05, 0.1) is 0 Å². The largest absolute Gasteiger partial charge is 0.454 e. The van der Waals surface area contributed by atoms with E-state index in [4.69, 9.17) is 9.47 Å². The van der Waals surface area contributed by atoms with E-state index in [0.29, 0.717) is 22.7 Å². The van der Waals surface area contributed by atoms with E-state index in [-0.39, 0.29) is 18.6 Å². The fourth-order valence-electron chi connectivity index (χ4n) is 2.33. The number of hydrogen-bond donors (Lipinski definition) is 1. The summed E-state index contributed by atoms with van der Waals surface area (Å²) in [5.41, 5.74) is 2.03. The molecular weight excluding hydrogens is 320 g/mol. The molecule has 1 aliphatic rings. The molecule has 0 fully saturated rings. The van der Waals surface area contributed by atoms with Crippen molar-refractivity contribution in [1.29, 1.82) is 0 Å². The highest BCUT2D eigenvalue weighted by Gasteiger charge is 2.12. The van der Waals surface area contributed by atoms with Crippen LogP contribution in [0.2, 0.25) is 0 Å². The summed E-state index contributed by atoms with van der Waals surface area (Å²) >= 11 is 0. The van der Waals surface area contributed by atoms with Gasteiger partial charge in [0.25, 0.3) is 5.91 Å². The van der Waals surface area contributed by atoms with Crippen molar-refractivity contribution in [3.05, 3.63) is 59.7 Å². The van der Waals surface area contributed by atoms with Crippen LogP contribution in [-0.2, 0) is 4.79 Å². The summed E-state index contributed by atoms with van der Waals surface area (Å²) in [5, 5.41) is 2.75. The molecule has 0 saturated carbocycles. The van der Waals surface area contributed by atoms with Crippen molar-refractivity contribution in [3.8, 4) is 11.5 Å². The summed E-state index contributed by atoms with van der Waals surface area (Å²) in [6.07, 6.45) is 3.14. The Hall–Kier alpha value is -3.28. The Morgan fingerprint density at radius 2 is 1.76 bits per heavy atom. The van der Waals surface area contributed by atoms with Gasteiger partial charge in [-0.1, -0.05) is 6.07 Å². The van der Waals surface area contributed by atoms with Crippen LogP contribution < -0.4 is 14.8 Å². The maximum Gasteiger partial charge on any atom is 0.253 e. The van der Waals surface area contributed by atoms with Gasteiger partial charge in [0.15, 0.2) is 11.5 Å². The molecule has 128 valence electrons. The molecule has 1 heterocycles. The number of benzene rings is 2. The minimum Gasteiger partial charge on any atom is -0.454 e. The third-order valence-electron chi connectivity index (χ3n) is 3.63. The Balaban J connectivity index is 1.61. The molecule has 0 aliphatic carbocycles. The van der Waals surface area contributed by atoms with E-state index in [1.165, 1.54) is 11.0 Å². The molecule has 3 rings (SSSR count). The quantitative estimate of drug-likeness (QED) is 0.871. The van der Waals surface area contributed by atoms with Gasteiger partial charge in [0.1, 0.15) is 0 Å². The monoisotopic (exact) mass is 338 g/mol. The van der Waals surface area contributed by atoms with Gasteiger partial charge in [-0.25, -0.2) is 0 Å². The molecule has 0 radical (unpaired) electrons. The van der Waals surface area contributed by atoms with Gasteiger partial charge in [0, 0.05) is 31.4 Å². The summed E-state index contributed by atoms with van der Waals surface area (Å²) in [5.74, 6) is 1.03. The van der Waals surface area contributed by atoms with Gasteiger partial charge in [-0.2, -0.15) is 0 Å². The predicted molar refractivity (Wildman–Crippen MR) is 94.7 cm³/mol. The molecule has 0 atom stereocenters. The topological polar surface area (TPSA) is 67.9 Å². The number of amides is 2. The third-order valence-corrected chi connectivity index (χ3v) is 3.63. The molecule has 2 aromatic rings. The molecule has 1 N–H and O–H groups in total. The minimum absolute atomic E-state index is 0.0828. The number of anilines is 1. The number of rotatable bonds is 4. The predicted octanol–water partition coefficient (Wildman–Crippen LogP) is 2.77. The maximum atomic E-state index is 12.0. The Kier molecular flexibility index (Phi) is 4.70. The van der Waals surface area contributed by atoms with E-state index >= 15 is 0 Å². The number of nitrogens with zero attached hydrogens (tertiary/aromatic N) is 1. The molecule has 0 unspecified atom stereocenters. The highest BCUT2D eigenvalue weighted by molar-refractivity contribution is 6.02. The Labute approximate surface area is 145 Å². The first-order chi connectivity index (χ1) is 12.0. The zero-order chi connectivity index (χ0) is 17.8. The van der Waals surface area contributed by atoms with Crippen LogP contribution in [0.1, 0.15) is 15.9 Å². The van der Waals surface area contributed by atoms with E-state index in [0.717, 1.165) is 5.56 Å². The molecule has 0 saturated heterocycles. The van der Waals surface area contributed by atoms with Crippen molar-refractivity contribution in [2.75, 3.05) is 26.2 Å². The first-order valence-electron chi connectivity index (χ1n) is 7.73. The van der Waals surface area contributed by atoms with Crippen LogP contribution in [0, 0.1) is 0 Å².